The summed E-state index contributed by atoms with van der Waals surface area (Å²) in [6, 6.07) is 0. The summed E-state index contributed by atoms with van der Waals surface area (Å²) in [6.45, 7) is 6.51. The van der Waals surface area contributed by atoms with Crippen LogP contribution in [-0.4, -0.2) is 35.9 Å². The van der Waals surface area contributed by atoms with Gasteiger partial charge in [0.25, 0.3) is 5.60 Å². The van der Waals surface area contributed by atoms with Crippen LogP contribution in [0.4, 0.5) is 0 Å². The Hall–Kier alpha value is -1.10. The highest BCUT2D eigenvalue weighted by atomic mass is 16.6. The van der Waals surface area contributed by atoms with Gasteiger partial charge in [-0.25, -0.2) is 9.59 Å². The van der Waals surface area contributed by atoms with Crippen LogP contribution in [-0.2, 0) is 19.1 Å². The monoisotopic (exact) mass is 218 g/mol. The van der Waals surface area contributed by atoms with Crippen LogP contribution >= 0.6 is 0 Å². The minimum atomic E-state index is -2.20. The molecule has 0 rings (SSSR count). The molecule has 0 heterocycles. The first-order chi connectivity index (χ1) is 6.91. The van der Waals surface area contributed by atoms with Crippen LogP contribution in [0.25, 0.3) is 0 Å². The zero-order valence-electron chi connectivity index (χ0n) is 9.57. The van der Waals surface area contributed by atoms with Gasteiger partial charge in [0.1, 0.15) is 0 Å². The van der Waals surface area contributed by atoms with Crippen molar-refractivity contribution in [2.75, 3.05) is 13.2 Å². The third kappa shape index (κ3) is 2.92. The summed E-state index contributed by atoms with van der Waals surface area (Å²) in [4.78, 5) is 22.9. The van der Waals surface area contributed by atoms with Crippen molar-refractivity contribution in [2.24, 2.45) is 5.92 Å². The number of esters is 2. The molecule has 15 heavy (non-hydrogen) atoms. The van der Waals surface area contributed by atoms with E-state index >= 15 is 0 Å². The average molecular weight is 218 g/mol. The van der Waals surface area contributed by atoms with Crippen LogP contribution in [0.1, 0.15) is 27.7 Å². The van der Waals surface area contributed by atoms with Gasteiger partial charge in [-0.05, 0) is 13.8 Å². The highest BCUT2D eigenvalue weighted by Crippen LogP contribution is 2.20. The van der Waals surface area contributed by atoms with Crippen molar-refractivity contribution in [1.29, 1.82) is 0 Å². The highest BCUT2D eigenvalue weighted by molar-refractivity contribution is 6.03. The van der Waals surface area contributed by atoms with E-state index in [1.807, 2.05) is 0 Å². The predicted molar refractivity (Wildman–Crippen MR) is 53.1 cm³/mol. The quantitative estimate of drug-likeness (QED) is 0.537. The smallest absolute Gasteiger partial charge is 0.350 e. The molecule has 0 atom stereocenters. The van der Waals surface area contributed by atoms with Crippen molar-refractivity contribution < 1.29 is 24.2 Å². The Balaban J connectivity index is 4.88. The molecule has 0 aromatic rings. The lowest BCUT2D eigenvalue weighted by Gasteiger charge is -2.26. The maximum atomic E-state index is 11.4. The van der Waals surface area contributed by atoms with Gasteiger partial charge in [0, 0.05) is 5.92 Å². The Bertz CT molecular complexity index is 216. The maximum Gasteiger partial charge on any atom is 0.350 e. The van der Waals surface area contributed by atoms with Gasteiger partial charge in [-0.3, -0.25) is 0 Å². The topological polar surface area (TPSA) is 72.8 Å². The fraction of sp³-hybridized carbons (Fsp3) is 0.800. The van der Waals surface area contributed by atoms with E-state index < -0.39 is 23.5 Å². The predicted octanol–water partition coefficient (Wildman–Crippen LogP) is 0.500. The van der Waals surface area contributed by atoms with Crippen LogP contribution in [0.15, 0.2) is 0 Å². The zero-order chi connectivity index (χ0) is 12.1. The van der Waals surface area contributed by atoms with Crippen LogP contribution in [0.2, 0.25) is 0 Å². The van der Waals surface area contributed by atoms with Gasteiger partial charge in [0.05, 0.1) is 13.2 Å². The normalized spacial score (nSPS) is 11.3. The molecule has 0 unspecified atom stereocenters. The highest BCUT2D eigenvalue weighted by Gasteiger charge is 2.50. The Morgan fingerprint density at radius 3 is 1.67 bits per heavy atom. The first-order valence-electron chi connectivity index (χ1n) is 4.98. The molecule has 0 fully saturated rings. The number of rotatable bonds is 5. The van der Waals surface area contributed by atoms with Crippen LogP contribution in [0.3, 0.4) is 0 Å². The lowest BCUT2D eigenvalue weighted by atomic mass is 9.90. The molecule has 0 bridgehead atoms. The van der Waals surface area contributed by atoms with Gasteiger partial charge in [0.15, 0.2) is 0 Å². The van der Waals surface area contributed by atoms with Crippen LogP contribution in [0.5, 0.6) is 0 Å². The molecule has 88 valence electrons. The Kier molecular flexibility index (Phi) is 5.28. The average Bonchev–Trinajstić information content (AvgIpc) is 2.16. The molecule has 0 aliphatic heterocycles. The number of carbonyl (C=O) groups is 2. The molecular formula is C10H18O5. The largest absolute Gasteiger partial charge is 0.463 e. The second-order valence-electron chi connectivity index (χ2n) is 3.36. The first-order valence-corrected chi connectivity index (χ1v) is 4.98. The van der Waals surface area contributed by atoms with E-state index in [0.29, 0.717) is 0 Å². The van der Waals surface area contributed by atoms with E-state index in [1.165, 1.54) is 0 Å². The Morgan fingerprint density at radius 2 is 1.47 bits per heavy atom. The summed E-state index contributed by atoms with van der Waals surface area (Å²) in [5.41, 5.74) is -2.20. The molecule has 0 amide bonds. The lowest BCUT2D eigenvalue weighted by molar-refractivity contribution is -0.188. The van der Waals surface area contributed by atoms with Gasteiger partial charge >= 0.3 is 11.9 Å². The standard InChI is InChI=1S/C10H18O5/c1-5-14-8(11)10(13,7(3)4)9(12)15-6-2/h7,13H,5-6H2,1-4H3. The molecule has 0 saturated carbocycles. The molecule has 0 aromatic heterocycles. The van der Waals surface area contributed by atoms with Crippen molar-refractivity contribution in [1.82, 2.24) is 0 Å². The summed E-state index contributed by atoms with van der Waals surface area (Å²) in [7, 11) is 0. The minimum Gasteiger partial charge on any atom is -0.463 e. The molecule has 0 spiro atoms. The summed E-state index contributed by atoms with van der Waals surface area (Å²) in [6.07, 6.45) is 0. The second kappa shape index (κ2) is 5.70. The fourth-order valence-electron chi connectivity index (χ4n) is 1.04. The van der Waals surface area contributed by atoms with E-state index in [9.17, 15) is 14.7 Å². The number of hydrogen-bond donors (Lipinski definition) is 1. The number of hydrogen-bond acceptors (Lipinski definition) is 5. The van der Waals surface area contributed by atoms with E-state index in [2.05, 4.69) is 9.47 Å². The Labute approximate surface area is 89.4 Å². The van der Waals surface area contributed by atoms with Gasteiger partial charge in [-0.15, -0.1) is 0 Å². The molecule has 5 heteroatoms. The SMILES string of the molecule is CCOC(=O)C(O)(C(=O)OCC)C(C)C. The second-order valence-corrected chi connectivity index (χ2v) is 3.36. The molecule has 0 aliphatic rings. The molecular weight excluding hydrogens is 200 g/mol. The molecule has 1 N–H and O–H groups in total. The summed E-state index contributed by atoms with van der Waals surface area (Å²) >= 11 is 0. The van der Waals surface area contributed by atoms with E-state index in [4.69, 9.17) is 0 Å². The van der Waals surface area contributed by atoms with Gasteiger partial charge in [-0.1, -0.05) is 13.8 Å². The first kappa shape index (κ1) is 13.9. The van der Waals surface area contributed by atoms with Gasteiger partial charge in [-0.2, -0.15) is 0 Å². The van der Waals surface area contributed by atoms with Gasteiger partial charge in [0.2, 0.25) is 0 Å². The summed E-state index contributed by atoms with van der Waals surface area (Å²) < 4.78 is 9.29. The van der Waals surface area contributed by atoms with Crippen LogP contribution in [0, 0.1) is 5.92 Å². The third-order valence-corrected chi connectivity index (χ3v) is 2.01. The molecule has 0 aromatic carbocycles. The van der Waals surface area contributed by atoms with Crippen molar-refractivity contribution in [3.63, 3.8) is 0 Å². The molecule has 0 radical (unpaired) electrons. The maximum absolute atomic E-state index is 11.4. The Morgan fingerprint density at radius 1 is 1.13 bits per heavy atom. The van der Waals surface area contributed by atoms with Crippen molar-refractivity contribution in [3.8, 4) is 0 Å². The third-order valence-electron chi connectivity index (χ3n) is 2.01. The fourth-order valence-corrected chi connectivity index (χ4v) is 1.04. The number of aliphatic hydroxyl groups is 1. The van der Waals surface area contributed by atoms with Crippen molar-refractivity contribution in [2.45, 2.75) is 33.3 Å². The van der Waals surface area contributed by atoms with E-state index in [0.717, 1.165) is 0 Å². The van der Waals surface area contributed by atoms with E-state index in [-0.39, 0.29) is 13.2 Å². The molecule has 0 aliphatic carbocycles. The zero-order valence-corrected chi connectivity index (χ0v) is 9.57. The minimum absolute atomic E-state index is 0.104. The number of carbonyl (C=O) groups excluding carboxylic acids is 2. The molecule has 0 saturated heterocycles. The molecule has 5 nitrogen and oxygen atoms in total. The van der Waals surface area contributed by atoms with E-state index in [1.54, 1.807) is 27.7 Å². The van der Waals surface area contributed by atoms with Crippen LogP contribution < -0.4 is 0 Å². The summed E-state index contributed by atoms with van der Waals surface area (Å²) in [5.74, 6) is -2.52. The van der Waals surface area contributed by atoms with Gasteiger partial charge < -0.3 is 14.6 Å². The lowest BCUT2D eigenvalue weighted by Crippen LogP contribution is -2.53. The summed E-state index contributed by atoms with van der Waals surface area (Å²) in [5, 5.41) is 9.94. The van der Waals surface area contributed by atoms with Crippen molar-refractivity contribution in [3.05, 3.63) is 0 Å². The van der Waals surface area contributed by atoms with Crippen molar-refractivity contribution >= 4 is 11.9 Å². The number of ether oxygens (including phenoxy) is 2.